The summed E-state index contributed by atoms with van der Waals surface area (Å²) in [5.74, 6) is 4.79. The number of aliphatic hydroxyl groups excluding tert-OH is 1. The van der Waals surface area contributed by atoms with E-state index in [2.05, 4.69) is 13.0 Å². The molecule has 6 rings (SSSR count). The molecule has 4 fully saturated rings. The van der Waals surface area contributed by atoms with E-state index in [1.54, 1.807) is 0 Å². The number of hydrogen-bond donors (Lipinski definition) is 1. The Bertz CT molecular complexity index is 738. The maximum absolute atomic E-state index is 11.9. The second kappa shape index (κ2) is 5.57. The van der Waals surface area contributed by atoms with Crippen molar-refractivity contribution in [2.45, 2.75) is 76.6 Å². The summed E-state index contributed by atoms with van der Waals surface area (Å²) in [5, 5.41) is 10.2. The molecule has 0 amide bonds. The summed E-state index contributed by atoms with van der Waals surface area (Å²) in [5.41, 5.74) is 1.51. The van der Waals surface area contributed by atoms with E-state index in [0.29, 0.717) is 17.6 Å². The van der Waals surface area contributed by atoms with Crippen LogP contribution in [-0.4, -0.2) is 22.8 Å². The van der Waals surface area contributed by atoms with Crippen LogP contribution in [0.4, 0.5) is 0 Å². The molecular formula is C24H32O3. The monoisotopic (exact) mass is 368 g/mol. The van der Waals surface area contributed by atoms with Crippen LogP contribution < -0.4 is 0 Å². The van der Waals surface area contributed by atoms with Crippen molar-refractivity contribution in [3.8, 4) is 0 Å². The van der Waals surface area contributed by atoms with Crippen LogP contribution in [-0.2, 0) is 9.53 Å². The highest BCUT2D eigenvalue weighted by atomic mass is 16.6. The average Bonchev–Trinajstić information content (AvgIpc) is 3.30. The normalized spacial score (nSPS) is 55.0. The van der Waals surface area contributed by atoms with Gasteiger partial charge in [0.1, 0.15) is 0 Å². The number of fused-ring (bicyclic) bond motifs is 9. The van der Waals surface area contributed by atoms with E-state index >= 15 is 0 Å². The molecule has 1 spiro atoms. The Hall–Kier alpha value is -0.930. The molecule has 0 aromatic rings. The lowest BCUT2D eigenvalue weighted by Crippen LogP contribution is -2.56. The lowest BCUT2D eigenvalue weighted by molar-refractivity contribution is -0.203. The third-order valence-electron chi connectivity index (χ3n) is 9.53. The first-order valence-corrected chi connectivity index (χ1v) is 11.4. The van der Waals surface area contributed by atoms with Crippen LogP contribution in [0.1, 0.15) is 64.7 Å². The number of ether oxygens (including phenoxy) is 1. The largest absolute Gasteiger partial charge is 0.365 e. The van der Waals surface area contributed by atoms with Gasteiger partial charge in [-0.05, 0) is 92.6 Å². The van der Waals surface area contributed by atoms with Crippen LogP contribution in [0.2, 0.25) is 0 Å². The van der Waals surface area contributed by atoms with Gasteiger partial charge >= 0.3 is 0 Å². The molecule has 0 aromatic carbocycles. The molecule has 146 valence electrons. The van der Waals surface area contributed by atoms with Gasteiger partial charge in [-0.15, -0.1) is 0 Å². The molecule has 0 radical (unpaired) electrons. The predicted octanol–water partition coefficient (Wildman–Crippen LogP) is 4.41. The van der Waals surface area contributed by atoms with Gasteiger partial charge in [-0.3, -0.25) is 4.79 Å². The lowest BCUT2D eigenvalue weighted by atomic mass is 9.47. The number of aliphatic hydroxyl groups is 1. The molecular weight excluding hydrogens is 336 g/mol. The van der Waals surface area contributed by atoms with Gasteiger partial charge in [0.15, 0.2) is 12.1 Å². The molecule has 0 aromatic heterocycles. The van der Waals surface area contributed by atoms with E-state index in [1.165, 1.54) is 44.1 Å². The zero-order valence-electron chi connectivity index (χ0n) is 16.4. The highest BCUT2D eigenvalue weighted by Crippen LogP contribution is 2.79. The van der Waals surface area contributed by atoms with E-state index < -0.39 is 6.29 Å². The van der Waals surface area contributed by atoms with Crippen LogP contribution in [0.25, 0.3) is 0 Å². The van der Waals surface area contributed by atoms with Crippen LogP contribution in [0.3, 0.4) is 0 Å². The summed E-state index contributed by atoms with van der Waals surface area (Å²) in [7, 11) is 0. The summed E-state index contributed by atoms with van der Waals surface area (Å²) < 4.78 is 6.38. The number of ketones is 1. The fourth-order valence-electron chi connectivity index (χ4n) is 8.91. The fourth-order valence-corrected chi connectivity index (χ4v) is 8.91. The van der Waals surface area contributed by atoms with Gasteiger partial charge in [0.2, 0.25) is 0 Å². The fraction of sp³-hybridized carbons (Fsp3) is 0.792. The maximum atomic E-state index is 11.9. The van der Waals surface area contributed by atoms with Crippen LogP contribution in [0.15, 0.2) is 23.8 Å². The van der Waals surface area contributed by atoms with Crippen molar-refractivity contribution >= 4 is 5.78 Å². The van der Waals surface area contributed by atoms with E-state index in [1.807, 2.05) is 12.2 Å². The smallest absolute Gasteiger partial charge is 0.175 e. The highest BCUT2D eigenvalue weighted by molar-refractivity contribution is 5.91. The van der Waals surface area contributed by atoms with E-state index in [0.717, 1.165) is 42.9 Å². The summed E-state index contributed by atoms with van der Waals surface area (Å²) in [6, 6.07) is 0. The zero-order valence-corrected chi connectivity index (χ0v) is 16.4. The third-order valence-corrected chi connectivity index (χ3v) is 9.53. The molecule has 3 heteroatoms. The lowest BCUT2D eigenvalue weighted by Gasteiger charge is -2.58. The minimum atomic E-state index is -0.707. The summed E-state index contributed by atoms with van der Waals surface area (Å²) in [6.07, 6.45) is 16.0. The van der Waals surface area contributed by atoms with Crippen molar-refractivity contribution in [1.82, 2.24) is 0 Å². The number of carbonyl (C=O) groups is 1. The number of allylic oxidation sites excluding steroid dienone is 1. The molecule has 5 aliphatic carbocycles. The van der Waals surface area contributed by atoms with Gasteiger partial charge in [0.05, 0.1) is 5.60 Å². The van der Waals surface area contributed by atoms with Crippen LogP contribution in [0, 0.1) is 40.9 Å². The second-order valence-electron chi connectivity index (χ2n) is 10.3. The molecule has 8 unspecified atom stereocenters. The minimum absolute atomic E-state index is 0.193. The van der Waals surface area contributed by atoms with E-state index in [-0.39, 0.29) is 11.0 Å². The molecule has 0 saturated heterocycles. The van der Waals surface area contributed by atoms with E-state index in [4.69, 9.17) is 4.74 Å². The maximum Gasteiger partial charge on any atom is 0.175 e. The minimum Gasteiger partial charge on any atom is -0.365 e. The van der Waals surface area contributed by atoms with Gasteiger partial charge in [0.25, 0.3) is 0 Å². The Labute approximate surface area is 162 Å². The Balaban J connectivity index is 1.39. The van der Waals surface area contributed by atoms with Crippen LogP contribution in [0.5, 0.6) is 0 Å². The van der Waals surface area contributed by atoms with Crippen molar-refractivity contribution in [2.75, 3.05) is 0 Å². The first-order chi connectivity index (χ1) is 13.1. The standard InChI is InChI=1S/C24H32O3/c1-2-9-23-10-7-17-16-6-4-15(25)12-14(16)3-5-18(17)22(23)19-13-20(19)24(23)11-8-21(26)27-24/h8,11-12,16-22,26H,2-7,9-10,13H2,1H3/t16?,17?,18?,19?,20?,21?,22?,23?,24-/m0/s1. The summed E-state index contributed by atoms with van der Waals surface area (Å²) in [4.78, 5) is 11.9. The predicted molar refractivity (Wildman–Crippen MR) is 103 cm³/mol. The Kier molecular flexibility index (Phi) is 3.50. The number of rotatable bonds is 2. The molecule has 0 bridgehead atoms. The Morgan fingerprint density at radius 1 is 1.19 bits per heavy atom. The molecule has 6 aliphatic rings. The molecule has 1 N–H and O–H groups in total. The average molecular weight is 369 g/mol. The van der Waals surface area contributed by atoms with Crippen LogP contribution >= 0.6 is 0 Å². The third kappa shape index (κ3) is 2.03. The van der Waals surface area contributed by atoms with Gasteiger partial charge in [-0.2, -0.15) is 0 Å². The topological polar surface area (TPSA) is 46.5 Å². The zero-order chi connectivity index (χ0) is 18.4. The van der Waals surface area contributed by atoms with Crippen molar-refractivity contribution in [1.29, 1.82) is 0 Å². The second-order valence-corrected chi connectivity index (χ2v) is 10.3. The highest BCUT2D eigenvalue weighted by Gasteiger charge is 2.78. The molecule has 1 aliphatic heterocycles. The van der Waals surface area contributed by atoms with Crippen molar-refractivity contribution in [3.05, 3.63) is 23.8 Å². The Morgan fingerprint density at radius 2 is 2.07 bits per heavy atom. The van der Waals surface area contributed by atoms with E-state index in [9.17, 15) is 9.90 Å². The van der Waals surface area contributed by atoms with Crippen molar-refractivity contribution < 1.29 is 14.6 Å². The first-order valence-electron chi connectivity index (χ1n) is 11.4. The molecule has 27 heavy (non-hydrogen) atoms. The quantitative estimate of drug-likeness (QED) is 0.735. The van der Waals surface area contributed by atoms with Crippen molar-refractivity contribution in [3.63, 3.8) is 0 Å². The first kappa shape index (κ1) is 17.0. The molecule has 3 nitrogen and oxygen atoms in total. The van der Waals surface area contributed by atoms with Gasteiger partial charge in [-0.1, -0.05) is 25.0 Å². The molecule has 4 saturated carbocycles. The Morgan fingerprint density at radius 3 is 2.85 bits per heavy atom. The molecule has 9 atom stereocenters. The van der Waals surface area contributed by atoms with Crippen molar-refractivity contribution in [2.24, 2.45) is 40.9 Å². The number of carbonyl (C=O) groups excluding carboxylic acids is 1. The summed E-state index contributed by atoms with van der Waals surface area (Å²) in [6.45, 7) is 2.32. The summed E-state index contributed by atoms with van der Waals surface area (Å²) >= 11 is 0. The number of hydrogen-bond acceptors (Lipinski definition) is 3. The van der Waals surface area contributed by atoms with Gasteiger partial charge in [-0.25, -0.2) is 0 Å². The SMILES string of the molecule is CCCC12CCC3C4CCC(=O)C=C4CCC3C1C1CC1[C@@]21C=CC(O)O1. The van der Waals surface area contributed by atoms with Gasteiger partial charge in [0, 0.05) is 11.8 Å². The molecule has 1 heterocycles. The van der Waals surface area contributed by atoms with Gasteiger partial charge < -0.3 is 9.84 Å².